The minimum absolute atomic E-state index is 0.0145. The maximum Gasteiger partial charge on any atom is 0.0781 e. The van der Waals surface area contributed by atoms with Gasteiger partial charge in [0.25, 0.3) is 0 Å². The van der Waals surface area contributed by atoms with Gasteiger partial charge in [0.1, 0.15) is 0 Å². The molecule has 36 heavy (non-hydrogen) atoms. The highest BCUT2D eigenvalue weighted by Gasteiger charge is 2.10. The predicted molar refractivity (Wildman–Crippen MR) is 133 cm³/mol. The lowest BCUT2D eigenvalue weighted by atomic mass is 10.3. The van der Waals surface area contributed by atoms with Gasteiger partial charge in [0.15, 0.2) is 0 Å². The first-order valence-corrected chi connectivity index (χ1v) is 12.6. The van der Waals surface area contributed by atoms with E-state index in [1.54, 1.807) is 13.8 Å². The molecule has 0 aromatic rings. The van der Waals surface area contributed by atoms with E-state index in [1.165, 1.54) is 0 Å². The van der Waals surface area contributed by atoms with Gasteiger partial charge in [-0.25, -0.2) is 0 Å². The highest BCUT2D eigenvalue weighted by atomic mass is 16.6. The molecule has 0 aliphatic rings. The third-order valence-corrected chi connectivity index (χ3v) is 4.07. The Morgan fingerprint density at radius 1 is 0.444 bits per heavy atom. The molecule has 0 saturated carbocycles. The molecule has 0 bridgehead atoms. The van der Waals surface area contributed by atoms with E-state index in [9.17, 15) is 0 Å². The average Bonchev–Trinajstić information content (AvgIpc) is 2.87. The second-order valence-corrected chi connectivity index (χ2v) is 7.97. The van der Waals surface area contributed by atoms with Gasteiger partial charge in [-0.2, -0.15) is 0 Å². The molecule has 0 radical (unpaired) electrons. The zero-order valence-corrected chi connectivity index (χ0v) is 22.7. The second kappa shape index (κ2) is 30.7. The summed E-state index contributed by atoms with van der Waals surface area (Å²) in [6.45, 7) is 13.3. The van der Waals surface area contributed by atoms with E-state index >= 15 is 0 Å². The summed E-state index contributed by atoms with van der Waals surface area (Å²) in [6.07, 6.45) is -0.711. The van der Waals surface area contributed by atoms with Crippen LogP contribution in [0.4, 0.5) is 0 Å². The maximum atomic E-state index is 9.04. The van der Waals surface area contributed by atoms with E-state index in [0.29, 0.717) is 85.9 Å². The Bertz CT molecular complexity index is 387. The van der Waals surface area contributed by atoms with Gasteiger partial charge in [-0.3, -0.25) is 0 Å². The molecular weight excluding hydrogens is 480 g/mol. The molecule has 0 aromatic carbocycles. The van der Waals surface area contributed by atoms with Gasteiger partial charge in [-0.1, -0.05) is 0 Å². The molecule has 0 aromatic heterocycles. The number of hydrogen-bond donors (Lipinski definition) is 4. The van der Waals surface area contributed by atoms with Crippen molar-refractivity contribution < 1.29 is 58.3 Å². The first-order chi connectivity index (χ1) is 17.4. The van der Waals surface area contributed by atoms with Crippen LogP contribution in [0.25, 0.3) is 0 Å². The van der Waals surface area contributed by atoms with Gasteiger partial charge in [-0.15, -0.1) is 0 Å². The monoisotopic (exact) mass is 532 g/mol. The quantitative estimate of drug-likeness (QED) is 0.107. The Morgan fingerprint density at radius 3 is 1.06 bits per heavy atom. The minimum Gasteiger partial charge on any atom is -0.394 e. The Kier molecular flexibility index (Phi) is 32.2. The number of hydrogen-bond acceptors (Lipinski definition) is 12. The van der Waals surface area contributed by atoms with E-state index in [2.05, 4.69) is 0 Å². The molecule has 4 unspecified atom stereocenters. The van der Waals surface area contributed by atoms with Gasteiger partial charge in [0.05, 0.1) is 130 Å². The summed E-state index contributed by atoms with van der Waals surface area (Å²) in [5, 5.41) is 34.7. The van der Waals surface area contributed by atoms with Gasteiger partial charge in [0, 0.05) is 0 Å². The molecule has 12 heteroatoms. The second-order valence-electron chi connectivity index (χ2n) is 7.97. The summed E-state index contributed by atoms with van der Waals surface area (Å²) >= 11 is 0. The maximum absolute atomic E-state index is 9.04. The van der Waals surface area contributed by atoms with E-state index in [-0.39, 0.29) is 38.1 Å². The van der Waals surface area contributed by atoms with Crippen LogP contribution in [0.2, 0.25) is 0 Å². The summed E-state index contributed by atoms with van der Waals surface area (Å²) in [5.41, 5.74) is 0. The summed E-state index contributed by atoms with van der Waals surface area (Å²) < 4.78 is 42.0. The van der Waals surface area contributed by atoms with Crippen LogP contribution in [0.3, 0.4) is 0 Å². The van der Waals surface area contributed by atoms with E-state index in [0.717, 1.165) is 0 Å². The number of aliphatic hydroxyl groups is 4. The lowest BCUT2D eigenvalue weighted by Crippen LogP contribution is -2.27. The fraction of sp³-hybridized carbons (Fsp3) is 1.00. The molecule has 0 rings (SSSR count). The van der Waals surface area contributed by atoms with Crippen molar-refractivity contribution in [2.75, 3.05) is 106 Å². The summed E-state index contributed by atoms with van der Waals surface area (Å²) in [7, 11) is 0. The van der Waals surface area contributed by atoms with Crippen molar-refractivity contribution in [1.29, 1.82) is 0 Å². The van der Waals surface area contributed by atoms with E-state index in [1.807, 2.05) is 13.8 Å². The van der Waals surface area contributed by atoms with Crippen LogP contribution >= 0.6 is 0 Å². The Balaban J connectivity index is 0. The van der Waals surface area contributed by atoms with Gasteiger partial charge < -0.3 is 58.3 Å². The van der Waals surface area contributed by atoms with E-state index in [4.69, 9.17) is 58.3 Å². The van der Waals surface area contributed by atoms with Gasteiger partial charge >= 0.3 is 0 Å². The standard InChI is InChI=1S/C12H26O7.C12H26O5/c13-1-3-15-5-7-17-9-11-19-12-10-18-8-6-16-4-2-14;1-9(14)6-15-11(3)8-17-12(4)7-16-10(2)5-13/h13-14H,1-12H2;9-14H,5-8H2,1-4H3. The zero-order valence-electron chi connectivity index (χ0n) is 22.7. The lowest BCUT2D eigenvalue weighted by molar-refractivity contribution is -0.0825. The van der Waals surface area contributed by atoms with Crippen molar-refractivity contribution in [3.05, 3.63) is 0 Å². The summed E-state index contributed by atoms with van der Waals surface area (Å²) in [6, 6.07) is 0. The van der Waals surface area contributed by atoms with Gasteiger partial charge in [-0.05, 0) is 27.7 Å². The number of rotatable bonds is 26. The first-order valence-electron chi connectivity index (χ1n) is 12.6. The molecule has 0 amide bonds. The molecule has 4 atom stereocenters. The molecule has 0 saturated heterocycles. The highest BCUT2D eigenvalue weighted by molar-refractivity contribution is 4.55. The predicted octanol–water partition coefficient (Wildman–Crippen LogP) is -0.371. The van der Waals surface area contributed by atoms with Crippen molar-refractivity contribution in [2.45, 2.75) is 52.1 Å². The van der Waals surface area contributed by atoms with Crippen LogP contribution in [0, 0.1) is 0 Å². The van der Waals surface area contributed by atoms with Crippen LogP contribution in [-0.4, -0.2) is 151 Å². The van der Waals surface area contributed by atoms with Crippen LogP contribution in [0.15, 0.2) is 0 Å². The number of ether oxygens (including phenoxy) is 8. The number of aliphatic hydroxyl groups excluding tert-OH is 4. The average molecular weight is 533 g/mol. The van der Waals surface area contributed by atoms with Crippen LogP contribution < -0.4 is 0 Å². The summed E-state index contributed by atoms with van der Waals surface area (Å²) in [5.74, 6) is 0. The van der Waals surface area contributed by atoms with Crippen LogP contribution in [0.1, 0.15) is 27.7 Å². The van der Waals surface area contributed by atoms with Crippen molar-refractivity contribution in [3.8, 4) is 0 Å². The van der Waals surface area contributed by atoms with Crippen molar-refractivity contribution >= 4 is 0 Å². The Labute approximate surface area is 216 Å². The summed E-state index contributed by atoms with van der Waals surface area (Å²) in [4.78, 5) is 0. The Hall–Kier alpha value is -0.480. The molecular formula is C24H52O12. The van der Waals surface area contributed by atoms with Gasteiger partial charge in [0.2, 0.25) is 0 Å². The first kappa shape index (κ1) is 37.7. The smallest absolute Gasteiger partial charge is 0.0781 e. The largest absolute Gasteiger partial charge is 0.394 e. The SMILES string of the molecule is CC(O)COC(C)COC(C)COC(C)CO.OCCOCCOCCOCCOCCOCCO. The molecule has 12 nitrogen and oxygen atoms in total. The van der Waals surface area contributed by atoms with Crippen molar-refractivity contribution in [3.63, 3.8) is 0 Å². The normalized spacial score (nSPS) is 14.7. The molecule has 0 heterocycles. The topological polar surface area (TPSA) is 155 Å². The van der Waals surface area contributed by atoms with Crippen molar-refractivity contribution in [1.82, 2.24) is 0 Å². The molecule has 0 aliphatic carbocycles. The molecule has 4 N–H and O–H groups in total. The van der Waals surface area contributed by atoms with Crippen LogP contribution in [-0.2, 0) is 37.9 Å². The third-order valence-electron chi connectivity index (χ3n) is 4.07. The highest BCUT2D eigenvalue weighted by Crippen LogP contribution is 2.00. The third kappa shape index (κ3) is 33.5. The molecule has 0 aliphatic heterocycles. The van der Waals surface area contributed by atoms with E-state index < -0.39 is 6.10 Å². The fourth-order valence-electron chi connectivity index (χ4n) is 2.16. The molecule has 0 spiro atoms. The Morgan fingerprint density at radius 2 is 0.750 bits per heavy atom. The fourth-order valence-corrected chi connectivity index (χ4v) is 2.16. The van der Waals surface area contributed by atoms with Crippen LogP contribution in [0.5, 0.6) is 0 Å². The minimum atomic E-state index is -0.455. The molecule has 220 valence electrons. The zero-order chi connectivity index (χ0) is 27.3. The molecule has 0 fully saturated rings. The lowest BCUT2D eigenvalue weighted by Gasteiger charge is -2.19. The van der Waals surface area contributed by atoms with Crippen molar-refractivity contribution in [2.24, 2.45) is 0 Å².